The number of rotatable bonds is 7. The summed E-state index contributed by atoms with van der Waals surface area (Å²) in [6.45, 7) is 4.24. The van der Waals surface area contributed by atoms with Gasteiger partial charge in [-0.3, -0.25) is 9.59 Å². The summed E-state index contributed by atoms with van der Waals surface area (Å²) in [6, 6.07) is 0. The first kappa shape index (κ1) is 14.5. The van der Waals surface area contributed by atoms with Crippen LogP contribution in [-0.2, 0) is 9.59 Å². The summed E-state index contributed by atoms with van der Waals surface area (Å²) in [5, 5.41) is 12.9. The molecule has 0 aromatic carbocycles. The van der Waals surface area contributed by atoms with Crippen LogP contribution in [0.1, 0.15) is 19.2 Å². The van der Waals surface area contributed by atoms with Gasteiger partial charge in [-0.1, -0.05) is 18.7 Å². The maximum atomic E-state index is 11.4. The molecule has 100 valence electrons. The molecule has 1 heterocycles. The van der Waals surface area contributed by atoms with E-state index in [-0.39, 0.29) is 24.1 Å². The molecule has 2 N–H and O–H groups in total. The Morgan fingerprint density at radius 2 is 2.06 bits per heavy atom. The van der Waals surface area contributed by atoms with Gasteiger partial charge in [-0.05, 0) is 6.42 Å². The first-order valence-corrected chi connectivity index (χ1v) is 6.56. The molecular formula is C10H16N4O3S. The van der Waals surface area contributed by atoms with Crippen LogP contribution in [-0.4, -0.2) is 40.9 Å². The number of carbonyl (C=O) groups excluding carboxylic acids is 2. The molecule has 1 aromatic rings. The zero-order valence-electron chi connectivity index (χ0n) is 10.4. The molecule has 0 aliphatic carbocycles. The van der Waals surface area contributed by atoms with Crippen LogP contribution in [0.3, 0.4) is 0 Å². The van der Waals surface area contributed by atoms with Crippen molar-refractivity contribution in [2.75, 3.05) is 18.8 Å². The van der Waals surface area contributed by atoms with E-state index in [9.17, 15) is 9.59 Å². The van der Waals surface area contributed by atoms with Gasteiger partial charge in [0.1, 0.15) is 0 Å². The van der Waals surface area contributed by atoms with E-state index in [2.05, 4.69) is 20.8 Å². The number of hydrogen-bond acceptors (Lipinski definition) is 6. The fourth-order valence-electron chi connectivity index (χ4n) is 1.02. The Labute approximate surface area is 109 Å². The first-order valence-electron chi connectivity index (χ1n) is 5.58. The van der Waals surface area contributed by atoms with Crippen LogP contribution in [0.25, 0.3) is 0 Å². The smallest absolute Gasteiger partial charge is 0.277 e. The molecule has 0 aliphatic rings. The quantitative estimate of drug-likeness (QED) is 0.684. The van der Waals surface area contributed by atoms with Crippen molar-refractivity contribution in [1.29, 1.82) is 0 Å². The van der Waals surface area contributed by atoms with E-state index in [0.717, 1.165) is 18.2 Å². The topological polar surface area (TPSA) is 97.1 Å². The molecule has 0 atom stereocenters. The fraction of sp³-hybridized carbons (Fsp3) is 0.600. The second kappa shape index (κ2) is 7.70. The van der Waals surface area contributed by atoms with Crippen LogP contribution in [0.15, 0.2) is 9.64 Å². The third kappa shape index (κ3) is 5.67. The van der Waals surface area contributed by atoms with Crippen molar-refractivity contribution in [1.82, 2.24) is 20.8 Å². The van der Waals surface area contributed by atoms with E-state index >= 15 is 0 Å². The van der Waals surface area contributed by atoms with E-state index in [0.29, 0.717) is 17.7 Å². The Kier molecular flexibility index (Phi) is 6.20. The lowest BCUT2D eigenvalue weighted by Gasteiger charge is -2.04. The van der Waals surface area contributed by atoms with Crippen LogP contribution in [0.2, 0.25) is 0 Å². The third-order valence-electron chi connectivity index (χ3n) is 1.85. The fourth-order valence-corrected chi connectivity index (χ4v) is 1.66. The summed E-state index contributed by atoms with van der Waals surface area (Å²) in [4.78, 5) is 22.6. The molecule has 7 nitrogen and oxygen atoms in total. The van der Waals surface area contributed by atoms with Gasteiger partial charge in [0.15, 0.2) is 0 Å². The van der Waals surface area contributed by atoms with Gasteiger partial charge < -0.3 is 15.1 Å². The first-order chi connectivity index (χ1) is 8.61. The van der Waals surface area contributed by atoms with Crippen LogP contribution >= 0.6 is 11.8 Å². The van der Waals surface area contributed by atoms with Crippen molar-refractivity contribution in [2.24, 2.45) is 0 Å². The normalized spacial score (nSPS) is 10.1. The van der Waals surface area contributed by atoms with Gasteiger partial charge in [0, 0.05) is 13.5 Å². The average Bonchev–Trinajstić information content (AvgIpc) is 2.77. The summed E-state index contributed by atoms with van der Waals surface area (Å²) in [6.07, 6.45) is 0.867. The predicted molar refractivity (Wildman–Crippen MR) is 66.1 cm³/mol. The molecule has 8 heteroatoms. The van der Waals surface area contributed by atoms with Crippen LogP contribution < -0.4 is 10.6 Å². The van der Waals surface area contributed by atoms with Gasteiger partial charge in [-0.2, -0.15) is 0 Å². The van der Waals surface area contributed by atoms with E-state index in [1.54, 1.807) is 6.92 Å². The highest BCUT2D eigenvalue weighted by molar-refractivity contribution is 7.99. The molecular weight excluding hydrogens is 256 g/mol. The van der Waals surface area contributed by atoms with Crippen molar-refractivity contribution >= 4 is 23.6 Å². The highest BCUT2D eigenvalue weighted by atomic mass is 32.2. The van der Waals surface area contributed by atoms with Crippen molar-refractivity contribution in [3.63, 3.8) is 0 Å². The molecule has 0 radical (unpaired) electrons. The maximum absolute atomic E-state index is 11.4. The Morgan fingerprint density at radius 1 is 1.28 bits per heavy atom. The number of carbonyl (C=O) groups is 2. The van der Waals surface area contributed by atoms with Gasteiger partial charge in [-0.25, -0.2) is 0 Å². The number of nitrogens with one attached hydrogen (secondary N) is 2. The van der Waals surface area contributed by atoms with E-state index in [1.807, 2.05) is 6.92 Å². The van der Waals surface area contributed by atoms with Crippen LogP contribution in [0.5, 0.6) is 0 Å². The molecule has 0 spiro atoms. The van der Waals surface area contributed by atoms with Crippen molar-refractivity contribution in [3.05, 3.63) is 5.89 Å². The van der Waals surface area contributed by atoms with E-state index in [4.69, 9.17) is 4.42 Å². The zero-order chi connectivity index (χ0) is 13.4. The van der Waals surface area contributed by atoms with E-state index < -0.39 is 0 Å². The summed E-state index contributed by atoms with van der Waals surface area (Å²) in [5.41, 5.74) is 0. The van der Waals surface area contributed by atoms with Gasteiger partial charge >= 0.3 is 0 Å². The Balaban J connectivity index is 2.16. The van der Waals surface area contributed by atoms with E-state index in [1.165, 1.54) is 0 Å². The maximum Gasteiger partial charge on any atom is 0.277 e. The zero-order valence-corrected chi connectivity index (χ0v) is 11.2. The SMILES string of the molecule is CCCNC(=O)CNC(=O)CSc1nnc(C)o1. The second-order valence-electron chi connectivity index (χ2n) is 3.50. The molecule has 0 unspecified atom stereocenters. The molecule has 0 fully saturated rings. The standard InChI is InChI=1S/C10H16N4O3S/c1-3-4-11-8(15)5-12-9(16)6-18-10-14-13-7(2)17-10/h3-6H2,1-2H3,(H,11,15)(H,12,16). The molecule has 0 bridgehead atoms. The number of hydrogen-bond donors (Lipinski definition) is 2. The summed E-state index contributed by atoms with van der Waals surface area (Å²) in [5.74, 6) is 0.158. The lowest BCUT2D eigenvalue weighted by molar-refractivity contribution is -0.124. The van der Waals surface area contributed by atoms with Crippen molar-refractivity contribution in [3.8, 4) is 0 Å². The minimum Gasteiger partial charge on any atom is -0.416 e. The lowest BCUT2D eigenvalue weighted by Crippen LogP contribution is -2.37. The van der Waals surface area contributed by atoms with Crippen LogP contribution in [0.4, 0.5) is 0 Å². The Bertz CT molecular complexity index is 408. The van der Waals surface area contributed by atoms with Crippen LogP contribution in [0, 0.1) is 6.92 Å². The molecule has 0 saturated heterocycles. The number of thioether (sulfide) groups is 1. The highest BCUT2D eigenvalue weighted by Crippen LogP contribution is 2.14. The van der Waals surface area contributed by atoms with Crippen molar-refractivity contribution in [2.45, 2.75) is 25.5 Å². The summed E-state index contributed by atoms with van der Waals surface area (Å²) < 4.78 is 5.09. The number of nitrogens with zero attached hydrogens (tertiary/aromatic N) is 2. The molecule has 0 saturated carbocycles. The highest BCUT2D eigenvalue weighted by Gasteiger charge is 2.08. The summed E-state index contributed by atoms with van der Waals surface area (Å²) in [7, 11) is 0. The second-order valence-corrected chi connectivity index (χ2v) is 4.43. The predicted octanol–water partition coefficient (Wildman–Crippen LogP) is 0.113. The minimum absolute atomic E-state index is 0.0117. The largest absolute Gasteiger partial charge is 0.416 e. The number of amides is 2. The lowest BCUT2D eigenvalue weighted by atomic mass is 10.4. The van der Waals surface area contributed by atoms with Gasteiger partial charge in [-0.15, -0.1) is 10.2 Å². The van der Waals surface area contributed by atoms with Gasteiger partial charge in [0.05, 0.1) is 12.3 Å². The Morgan fingerprint density at radius 3 is 2.67 bits per heavy atom. The Hall–Kier alpha value is -1.57. The third-order valence-corrected chi connectivity index (χ3v) is 2.67. The van der Waals surface area contributed by atoms with Gasteiger partial charge in [0.2, 0.25) is 17.7 Å². The molecule has 2 amide bonds. The monoisotopic (exact) mass is 272 g/mol. The van der Waals surface area contributed by atoms with Crippen molar-refractivity contribution < 1.29 is 14.0 Å². The number of aryl methyl sites for hydroxylation is 1. The average molecular weight is 272 g/mol. The molecule has 1 aromatic heterocycles. The summed E-state index contributed by atoms with van der Waals surface area (Å²) >= 11 is 1.13. The number of aromatic nitrogens is 2. The van der Waals surface area contributed by atoms with Gasteiger partial charge in [0.25, 0.3) is 5.22 Å². The molecule has 1 rings (SSSR count). The molecule has 0 aliphatic heterocycles. The minimum atomic E-state index is -0.248. The molecule has 18 heavy (non-hydrogen) atoms.